The van der Waals surface area contributed by atoms with Crippen LogP contribution in [-0.4, -0.2) is 46.7 Å². The first-order valence-corrected chi connectivity index (χ1v) is 11.0. The molecule has 152 valence electrons. The smallest absolute Gasteiger partial charge is 0.242 e. The van der Waals surface area contributed by atoms with Crippen LogP contribution < -0.4 is 9.46 Å². The maximum absolute atomic E-state index is 12.6. The van der Waals surface area contributed by atoms with Crippen molar-refractivity contribution in [2.75, 3.05) is 33.4 Å². The molecule has 0 bridgehead atoms. The fourth-order valence-corrected chi connectivity index (χ4v) is 4.77. The van der Waals surface area contributed by atoms with Gasteiger partial charge >= 0.3 is 0 Å². The Balaban J connectivity index is 1.63. The Bertz CT molecular complexity index is 914. The second-order valence-corrected chi connectivity index (χ2v) is 8.91. The molecule has 0 amide bonds. The van der Waals surface area contributed by atoms with Gasteiger partial charge in [-0.05, 0) is 23.3 Å². The molecule has 0 unspecified atom stereocenters. The first kappa shape index (κ1) is 21.4. The fourth-order valence-electron chi connectivity index (χ4n) is 2.92. The Kier molecular flexibility index (Phi) is 7.20. The van der Waals surface area contributed by atoms with E-state index in [4.69, 9.17) is 32.7 Å². The number of sulfonamides is 1. The quantitative estimate of drug-likeness (QED) is 0.709. The van der Waals surface area contributed by atoms with Crippen molar-refractivity contribution in [3.05, 3.63) is 57.6 Å². The SMILES string of the molecule is COc1ccc(S(=O)(=O)NCc2ccc(CN3CCOCC3)cc2)c(Cl)c1Cl. The predicted molar refractivity (Wildman–Crippen MR) is 110 cm³/mol. The second-order valence-electron chi connectivity index (χ2n) is 6.42. The van der Waals surface area contributed by atoms with Crippen molar-refractivity contribution in [3.8, 4) is 5.75 Å². The van der Waals surface area contributed by atoms with E-state index in [0.717, 1.165) is 38.4 Å². The molecule has 1 heterocycles. The van der Waals surface area contributed by atoms with E-state index in [2.05, 4.69) is 9.62 Å². The molecule has 0 atom stereocenters. The molecular formula is C19H22Cl2N2O4S. The second kappa shape index (κ2) is 9.43. The third-order valence-electron chi connectivity index (χ3n) is 4.52. The molecule has 3 rings (SSSR count). The average Bonchev–Trinajstić information content (AvgIpc) is 2.70. The van der Waals surface area contributed by atoms with Crippen LogP contribution in [0, 0.1) is 0 Å². The number of morpholine rings is 1. The summed E-state index contributed by atoms with van der Waals surface area (Å²) in [5.41, 5.74) is 2.03. The van der Waals surface area contributed by atoms with E-state index in [9.17, 15) is 8.42 Å². The minimum absolute atomic E-state index is 0.0608. The van der Waals surface area contributed by atoms with Crippen molar-refractivity contribution >= 4 is 33.2 Å². The predicted octanol–water partition coefficient (Wildman–Crippen LogP) is 3.31. The topological polar surface area (TPSA) is 67.9 Å². The molecule has 2 aromatic carbocycles. The van der Waals surface area contributed by atoms with E-state index >= 15 is 0 Å². The van der Waals surface area contributed by atoms with E-state index in [1.165, 1.54) is 24.8 Å². The van der Waals surface area contributed by atoms with Crippen LogP contribution >= 0.6 is 23.2 Å². The molecule has 28 heavy (non-hydrogen) atoms. The lowest BCUT2D eigenvalue weighted by atomic mass is 10.1. The highest BCUT2D eigenvalue weighted by Gasteiger charge is 2.21. The zero-order chi connectivity index (χ0) is 20.1. The molecule has 0 radical (unpaired) electrons. The van der Waals surface area contributed by atoms with Crippen molar-refractivity contribution in [2.45, 2.75) is 18.0 Å². The average molecular weight is 445 g/mol. The lowest BCUT2D eigenvalue weighted by molar-refractivity contribution is 0.0342. The number of ether oxygens (including phenoxy) is 2. The van der Waals surface area contributed by atoms with Gasteiger partial charge < -0.3 is 9.47 Å². The zero-order valence-corrected chi connectivity index (χ0v) is 17.8. The van der Waals surface area contributed by atoms with E-state index in [1.807, 2.05) is 24.3 Å². The molecule has 1 fully saturated rings. The summed E-state index contributed by atoms with van der Waals surface area (Å²) in [6, 6.07) is 10.7. The normalized spacial score (nSPS) is 15.5. The largest absolute Gasteiger partial charge is 0.495 e. The zero-order valence-electron chi connectivity index (χ0n) is 15.5. The summed E-state index contributed by atoms with van der Waals surface area (Å²) in [5.74, 6) is 0.321. The Hall–Kier alpha value is -1.35. The summed E-state index contributed by atoms with van der Waals surface area (Å²) in [5, 5.41) is 0.00823. The van der Waals surface area contributed by atoms with Gasteiger partial charge in [0.25, 0.3) is 0 Å². The van der Waals surface area contributed by atoms with E-state index in [1.54, 1.807) is 0 Å². The standard InChI is InChI=1S/C19H22Cl2N2O4S/c1-26-16-6-7-17(19(21)18(16)20)28(24,25)22-12-14-2-4-15(5-3-14)13-23-8-10-27-11-9-23/h2-7,22H,8-13H2,1H3. The van der Waals surface area contributed by atoms with Gasteiger partial charge in [0.1, 0.15) is 15.7 Å². The highest BCUT2D eigenvalue weighted by molar-refractivity contribution is 7.89. The third-order valence-corrected chi connectivity index (χ3v) is 6.94. The summed E-state index contributed by atoms with van der Waals surface area (Å²) < 4.78 is 38.1. The highest BCUT2D eigenvalue weighted by Crippen LogP contribution is 2.36. The van der Waals surface area contributed by atoms with Gasteiger partial charge in [0, 0.05) is 26.2 Å². The molecule has 9 heteroatoms. The highest BCUT2D eigenvalue weighted by atomic mass is 35.5. The molecule has 0 spiro atoms. The molecule has 1 aliphatic rings. The van der Waals surface area contributed by atoms with Gasteiger partial charge in [-0.2, -0.15) is 0 Å². The Labute approximate surface area is 175 Å². The van der Waals surface area contributed by atoms with Gasteiger partial charge in [0.15, 0.2) is 0 Å². The van der Waals surface area contributed by atoms with Crippen molar-refractivity contribution in [3.63, 3.8) is 0 Å². The maximum Gasteiger partial charge on any atom is 0.242 e. The van der Waals surface area contributed by atoms with Gasteiger partial charge in [-0.1, -0.05) is 47.5 Å². The van der Waals surface area contributed by atoms with Crippen molar-refractivity contribution in [1.29, 1.82) is 0 Å². The van der Waals surface area contributed by atoms with Crippen LogP contribution in [0.15, 0.2) is 41.3 Å². The summed E-state index contributed by atoms with van der Waals surface area (Å²) in [6.07, 6.45) is 0. The molecule has 0 aromatic heterocycles. The van der Waals surface area contributed by atoms with E-state index in [-0.39, 0.29) is 21.5 Å². The molecule has 2 aromatic rings. The van der Waals surface area contributed by atoms with Gasteiger partial charge in [-0.15, -0.1) is 0 Å². The van der Waals surface area contributed by atoms with Gasteiger partial charge in [0.05, 0.1) is 25.3 Å². The Morgan fingerprint density at radius 3 is 2.32 bits per heavy atom. The van der Waals surface area contributed by atoms with Crippen LogP contribution in [0.4, 0.5) is 0 Å². The lowest BCUT2D eigenvalue weighted by Gasteiger charge is -2.26. The molecule has 6 nitrogen and oxygen atoms in total. The van der Waals surface area contributed by atoms with Crippen LogP contribution in [0.25, 0.3) is 0 Å². The van der Waals surface area contributed by atoms with Gasteiger partial charge in [-0.25, -0.2) is 13.1 Å². The molecular weight excluding hydrogens is 423 g/mol. The monoisotopic (exact) mass is 444 g/mol. The molecule has 1 N–H and O–H groups in total. The fraction of sp³-hybridized carbons (Fsp3) is 0.368. The lowest BCUT2D eigenvalue weighted by Crippen LogP contribution is -2.35. The molecule has 0 aliphatic carbocycles. The minimum atomic E-state index is -3.81. The summed E-state index contributed by atoms with van der Waals surface area (Å²) >= 11 is 12.2. The van der Waals surface area contributed by atoms with Gasteiger partial charge in [-0.3, -0.25) is 4.90 Å². The number of benzene rings is 2. The first-order chi connectivity index (χ1) is 13.4. The van der Waals surface area contributed by atoms with Crippen LogP contribution in [0.5, 0.6) is 5.75 Å². The van der Waals surface area contributed by atoms with Crippen LogP contribution in [-0.2, 0) is 27.8 Å². The molecule has 1 saturated heterocycles. The third kappa shape index (κ3) is 5.17. The summed E-state index contributed by atoms with van der Waals surface area (Å²) in [6.45, 7) is 4.38. The number of rotatable bonds is 7. The molecule has 1 aliphatic heterocycles. The number of hydrogen-bond donors (Lipinski definition) is 1. The van der Waals surface area contributed by atoms with Crippen molar-refractivity contribution in [2.24, 2.45) is 0 Å². The number of halogens is 2. The first-order valence-electron chi connectivity index (χ1n) is 8.80. The van der Waals surface area contributed by atoms with Crippen LogP contribution in [0.3, 0.4) is 0 Å². The Morgan fingerprint density at radius 2 is 1.68 bits per heavy atom. The number of nitrogens with one attached hydrogen (secondary N) is 1. The maximum atomic E-state index is 12.6. The Morgan fingerprint density at radius 1 is 1.04 bits per heavy atom. The number of methoxy groups -OCH3 is 1. The van der Waals surface area contributed by atoms with Gasteiger partial charge in [0.2, 0.25) is 10.0 Å². The van der Waals surface area contributed by atoms with Crippen molar-refractivity contribution in [1.82, 2.24) is 9.62 Å². The van der Waals surface area contributed by atoms with E-state index < -0.39 is 10.0 Å². The number of hydrogen-bond acceptors (Lipinski definition) is 5. The van der Waals surface area contributed by atoms with Crippen LogP contribution in [0.1, 0.15) is 11.1 Å². The van der Waals surface area contributed by atoms with E-state index in [0.29, 0.717) is 5.75 Å². The summed E-state index contributed by atoms with van der Waals surface area (Å²) in [4.78, 5) is 2.25. The summed E-state index contributed by atoms with van der Waals surface area (Å²) in [7, 11) is -2.38. The number of nitrogens with zero attached hydrogens (tertiary/aromatic N) is 1. The molecule has 0 saturated carbocycles. The van der Waals surface area contributed by atoms with Crippen LogP contribution in [0.2, 0.25) is 10.0 Å². The van der Waals surface area contributed by atoms with Crippen molar-refractivity contribution < 1.29 is 17.9 Å². The minimum Gasteiger partial charge on any atom is -0.495 e.